The molecule has 0 fully saturated rings. The van der Waals surface area contributed by atoms with E-state index >= 15 is 0 Å². The first-order valence-electron chi connectivity index (χ1n) is 16.0. The average molecular weight is 677 g/mol. The normalized spacial score (nSPS) is 14.1. The molecule has 0 radical (unpaired) electrons. The van der Waals surface area contributed by atoms with E-state index in [0.29, 0.717) is 0 Å². The summed E-state index contributed by atoms with van der Waals surface area (Å²) in [5.74, 6) is -5.79. The maximum Gasteiger partial charge on any atom is 0.326 e. The minimum absolute atomic E-state index is 0.00664. The van der Waals surface area contributed by atoms with Crippen molar-refractivity contribution in [1.82, 2.24) is 21.3 Å². The van der Waals surface area contributed by atoms with Crippen LogP contribution in [-0.2, 0) is 35.2 Å². The number of carboxylic acid groups (broad SMARTS) is 2. The molecule has 4 amide bonds. The number of nitrogens with one attached hydrogen (secondary N) is 4. The van der Waals surface area contributed by atoms with Crippen LogP contribution in [0.15, 0.2) is 35.3 Å². The largest absolute Gasteiger partial charge is 0.481 e. The molecule has 5 atom stereocenters. The van der Waals surface area contributed by atoms with E-state index in [2.05, 4.69) is 26.3 Å². The first-order valence-corrected chi connectivity index (χ1v) is 16.0. The molecular weight excluding hydrogens is 624 g/mol. The van der Waals surface area contributed by atoms with Gasteiger partial charge in [-0.2, -0.15) is 0 Å². The van der Waals surface area contributed by atoms with E-state index in [1.165, 1.54) is 0 Å². The molecule has 0 saturated carbocycles. The van der Waals surface area contributed by atoms with Crippen LogP contribution in [0.4, 0.5) is 0 Å². The van der Waals surface area contributed by atoms with Crippen molar-refractivity contribution in [3.63, 3.8) is 0 Å². The molecule has 0 aliphatic carbocycles. The number of aliphatic imine (C=N–C) groups is 1. The van der Waals surface area contributed by atoms with Gasteiger partial charge in [0.05, 0.1) is 6.04 Å². The molecule has 16 heteroatoms. The fourth-order valence-electron chi connectivity index (χ4n) is 4.76. The molecule has 0 aliphatic heterocycles. The first-order chi connectivity index (χ1) is 22.5. The molecule has 0 aliphatic rings. The minimum atomic E-state index is -1.42. The van der Waals surface area contributed by atoms with E-state index in [1.807, 2.05) is 44.2 Å². The van der Waals surface area contributed by atoms with Crippen LogP contribution in [0.25, 0.3) is 0 Å². The molecule has 48 heavy (non-hydrogen) atoms. The summed E-state index contributed by atoms with van der Waals surface area (Å²) < 4.78 is 0. The highest BCUT2D eigenvalue weighted by atomic mass is 16.4. The van der Waals surface area contributed by atoms with Crippen LogP contribution in [-0.4, -0.2) is 88.5 Å². The van der Waals surface area contributed by atoms with Crippen molar-refractivity contribution < 1.29 is 39.0 Å². The van der Waals surface area contributed by atoms with Gasteiger partial charge in [-0.05, 0) is 55.9 Å². The first kappa shape index (κ1) is 41.3. The summed E-state index contributed by atoms with van der Waals surface area (Å²) in [5.41, 5.74) is 17.7. The molecule has 0 saturated heterocycles. The van der Waals surface area contributed by atoms with Crippen molar-refractivity contribution >= 4 is 41.5 Å². The van der Waals surface area contributed by atoms with Gasteiger partial charge < -0.3 is 48.7 Å². The molecule has 1 rings (SSSR count). The van der Waals surface area contributed by atoms with Gasteiger partial charge in [-0.25, -0.2) is 4.79 Å². The zero-order chi connectivity index (χ0) is 36.4. The standard InChI is InChI=1S/C32H52N8O8/c1-18(2)15-24(39-27(43)21(33)17-20-9-6-5-7-10-20)30(46)38-23(12-13-26(41)42)29(45)37-22(11-8-14-36-32(34)35)28(44)40-25(31(47)48)16-19(3)4/h5-7,9-10,18-19,21-25H,8,11-17,33H2,1-4H3,(H,37,45)(H,38,46)(H,39,43)(H,40,44)(H,41,42)(H,47,48)(H4,34,35,36)/t21-,22-,23-,24-,25-/m0/s1. The molecular formula is C32H52N8O8. The number of hydrogen-bond donors (Lipinski definition) is 9. The predicted molar refractivity (Wildman–Crippen MR) is 179 cm³/mol. The Kier molecular flexibility index (Phi) is 18.2. The van der Waals surface area contributed by atoms with Gasteiger partial charge in [-0.3, -0.25) is 29.0 Å². The minimum Gasteiger partial charge on any atom is -0.481 e. The average Bonchev–Trinajstić information content (AvgIpc) is 2.99. The number of carbonyl (C=O) groups excluding carboxylic acids is 4. The van der Waals surface area contributed by atoms with E-state index in [1.54, 1.807) is 13.8 Å². The third kappa shape index (κ3) is 16.7. The van der Waals surface area contributed by atoms with Crippen LogP contribution >= 0.6 is 0 Å². The zero-order valence-electron chi connectivity index (χ0n) is 28.1. The summed E-state index contributed by atoms with van der Waals surface area (Å²) in [4.78, 5) is 80.3. The van der Waals surface area contributed by atoms with E-state index in [-0.39, 0.29) is 62.9 Å². The number of benzene rings is 1. The monoisotopic (exact) mass is 676 g/mol. The van der Waals surface area contributed by atoms with Crippen molar-refractivity contribution in [2.75, 3.05) is 6.54 Å². The van der Waals surface area contributed by atoms with Crippen LogP contribution in [0.3, 0.4) is 0 Å². The van der Waals surface area contributed by atoms with Crippen LogP contribution in [0.5, 0.6) is 0 Å². The zero-order valence-corrected chi connectivity index (χ0v) is 28.1. The van der Waals surface area contributed by atoms with Crippen molar-refractivity contribution in [3.05, 3.63) is 35.9 Å². The lowest BCUT2D eigenvalue weighted by Crippen LogP contribution is -2.58. The second-order valence-electron chi connectivity index (χ2n) is 12.5. The molecule has 0 aromatic heterocycles. The third-order valence-corrected chi connectivity index (χ3v) is 7.16. The van der Waals surface area contributed by atoms with Gasteiger partial charge in [0, 0.05) is 13.0 Å². The third-order valence-electron chi connectivity index (χ3n) is 7.16. The maximum absolute atomic E-state index is 13.5. The van der Waals surface area contributed by atoms with Crippen LogP contribution in [0.2, 0.25) is 0 Å². The van der Waals surface area contributed by atoms with Crippen LogP contribution in [0, 0.1) is 11.8 Å². The summed E-state index contributed by atoms with van der Waals surface area (Å²) in [6, 6.07) is 3.09. The SMILES string of the molecule is CC(C)C[C@H](NC(=O)[C@H](CCCN=C(N)N)NC(=O)[C@H](CCC(=O)O)NC(=O)[C@H](CC(C)C)NC(=O)[C@@H](N)Cc1ccccc1)C(=O)O. The number of amides is 4. The predicted octanol–water partition coefficient (Wildman–Crippen LogP) is -0.409. The highest BCUT2D eigenvalue weighted by Crippen LogP contribution is 2.11. The van der Waals surface area contributed by atoms with Gasteiger partial charge in [-0.15, -0.1) is 0 Å². The highest BCUT2D eigenvalue weighted by Gasteiger charge is 2.32. The van der Waals surface area contributed by atoms with Gasteiger partial charge in [0.15, 0.2) is 5.96 Å². The second-order valence-corrected chi connectivity index (χ2v) is 12.5. The molecule has 0 spiro atoms. The summed E-state index contributed by atoms with van der Waals surface area (Å²) in [7, 11) is 0. The number of nitrogens with two attached hydrogens (primary N) is 3. The number of carbonyl (C=O) groups is 6. The number of carboxylic acids is 2. The van der Waals surface area contributed by atoms with Crippen molar-refractivity contribution in [1.29, 1.82) is 0 Å². The Bertz CT molecular complexity index is 1250. The number of aliphatic carboxylic acids is 2. The number of guanidine groups is 1. The van der Waals surface area contributed by atoms with Gasteiger partial charge >= 0.3 is 11.9 Å². The molecule has 0 unspecified atom stereocenters. The summed E-state index contributed by atoms with van der Waals surface area (Å²) in [6.07, 6.45) is -0.0903. The van der Waals surface area contributed by atoms with Crippen LogP contribution < -0.4 is 38.5 Å². The Balaban J connectivity index is 3.20. The van der Waals surface area contributed by atoms with Gasteiger partial charge in [0.25, 0.3) is 0 Å². The second kappa shape index (κ2) is 21.2. The molecule has 0 bridgehead atoms. The smallest absolute Gasteiger partial charge is 0.326 e. The number of hydrogen-bond acceptors (Lipinski definition) is 8. The lowest BCUT2D eigenvalue weighted by atomic mass is 10.0. The Morgan fingerprint density at radius 2 is 1.19 bits per heavy atom. The summed E-state index contributed by atoms with van der Waals surface area (Å²) >= 11 is 0. The Morgan fingerprint density at radius 3 is 1.69 bits per heavy atom. The Hall–Kier alpha value is -4.73. The Morgan fingerprint density at radius 1 is 0.708 bits per heavy atom. The number of nitrogens with zero attached hydrogens (tertiary/aromatic N) is 1. The lowest BCUT2D eigenvalue weighted by Gasteiger charge is -2.27. The number of rotatable bonds is 22. The molecule has 16 nitrogen and oxygen atoms in total. The Labute approximate surface area is 281 Å². The van der Waals surface area contributed by atoms with Crippen molar-refractivity contribution in [2.45, 2.75) is 103 Å². The fraction of sp³-hybridized carbons (Fsp3) is 0.594. The van der Waals surface area contributed by atoms with Crippen molar-refractivity contribution in [2.24, 2.45) is 34.0 Å². The van der Waals surface area contributed by atoms with Gasteiger partial charge in [0.1, 0.15) is 24.2 Å². The quantitative estimate of drug-likeness (QED) is 0.0432. The maximum atomic E-state index is 13.5. The molecule has 0 heterocycles. The summed E-state index contributed by atoms with van der Waals surface area (Å²) in [6.45, 7) is 7.36. The highest BCUT2D eigenvalue weighted by molar-refractivity contribution is 5.95. The van der Waals surface area contributed by atoms with E-state index in [0.717, 1.165) is 5.56 Å². The van der Waals surface area contributed by atoms with Crippen molar-refractivity contribution in [3.8, 4) is 0 Å². The van der Waals surface area contributed by atoms with E-state index < -0.39 is 72.2 Å². The molecule has 1 aromatic rings. The van der Waals surface area contributed by atoms with Gasteiger partial charge in [-0.1, -0.05) is 58.0 Å². The molecule has 1 aromatic carbocycles. The summed E-state index contributed by atoms with van der Waals surface area (Å²) in [5, 5.41) is 29.1. The fourth-order valence-corrected chi connectivity index (χ4v) is 4.76. The van der Waals surface area contributed by atoms with Gasteiger partial charge in [0.2, 0.25) is 23.6 Å². The lowest BCUT2D eigenvalue weighted by molar-refractivity contribution is -0.142. The molecule has 12 N–H and O–H groups in total. The van der Waals surface area contributed by atoms with Crippen LogP contribution in [0.1, 0.15) is 71.8 Å². The van der Waals surface area contributed by atoms with E-state index in [4.69, 9.17) is 17.2 Å². The molecule has 268 valence electrons. The van der Waals surface area contributed by atoms with E-state index in [9.17, 15) is 39.0 Å². The topological polar surface area (TPSA) is 281 Å².